The fourth-order valence-electron chi connectivity index (χ4n) is 3.44. The van der Waals surface area contributed by atoms with Crippen molar-refractivity contribution in [2.24, 2.45) is 0 Å². The van der Waals surface area contributed by atoms with Crippen molar-refractivity contribution in [3.05, 3.63) is 29.2 Å². The molecule has 126 valence electrons. The van der Waals surface area contributed by atoms with Crippen LogP contribution in [0.3, 0.4) is 0 Å². The zero-order chi connectivity index (χ0) is 16.8. The average molecular weight is 341 g/mol. The molecule has 1 spiro atoms. The molecular formula is C15H19NO6S. The highest BCUT2D eigenvalue weighted by molar-refractivity contribution is 7.89. The zero-order valence-corrected chi connectivity index (χ0v) is 13.9. The number of hydrogen-bond donors (Lipinski definition) is 1. The predicted octanol–water partition coefficient (Wildman–Crippen LogP) is 1.70. The van der Waals surface area contributed by atoms with E-state index in [2.05, 4.69) is 0 Å². The Balaban J connectivity index is 2.11. The normalized spacial score (nSPS) is 21.1. The topological polar surface area (TPSA) is 97.0 Å². The lowest BCUT2D eigenvalue weighted by molar-refractivity contribution is 0.0354. The molecule has 0 bridgehead atoms. The van der Waals surface area contributed by atoms with E-state index in [9.17, 15) is 18.3 Å². The first-order chi connectivity index (χ1) is 10.8. The zero-order valence-electron chi connectivity index (χ0n) is 13.0. The van der Waals surface area contributed by atoms with Gasteiger partial charge in [-0.3, -0.25) is 0 Å². The Labute approximate surface area is 134 Å². The number of nitrogens with zero attached hydrogens (tertiary/aromatic N) is 1. The third-order valence-electron chi connectivity index (χ3n) is 4.52. The molecule has 0 amide bonds. The van der Waals surface area contributed by atoms with E-state index in [4.69, 9.17) is 9.15 Å². The van der Waals surface area contributed by atoms with Gasteiger partial charge in [-0.05, 0) is 26.7 Å². The molecule has 1 aromatic heterocycles. The maximum atomic E-state index is 13.2. The summed E-state index contributed by atoms with van der Waals surface area (Å²) in [4.78, 5) is 11.3. The van der Waals surface area contributed by atoms with Crippen molar-refractivity contribution in [3.8, 4) is 0 Å². The minimum absolute atomic E-state index is 0.0989. The van der Waals surface area contributed by atoms with E-state index in [1.807, 2.05) is 12.2 Å². The van der Waals surface area contributed by atoms with Gasteiger partial charge < -0.3 is 14.3 Å². The van der Waals surface area contributed by atoms with Crippen molar-refractivity contribution in [1.82, 2.24) is 4.31 Å². The Morgan fingerprint density at radius 3 is 2.52 bits per heavy atom. The van der Waals surface area contributed by atoms with E-state index in [-0.39, 0.29) is 28.5 Å². The maximum absolute atomic E-state index is 13.2. The number of furan rings is 1. The van der Waals surface area contributed by atoms with Gasteiger partial charge in [0.2, 0.25) is 10.0 Å². The van der Waals surface area contributed by atoms with Crippen LogP contribution in [0.25, 0.3) is 0 Å². The SMILES string of the molecule is Cc1oc(C)c(S(=O)(=O)N2CC=CC23CCOCC3)c1C(=O)O. The lowest BCUT2D eigenvalue weighted by atomic mass is 9.92. The van der Waals surface area contributed by atoms with Crippen LogP contribution < -0.4 is 0 Å². The number of rotatable bonds is 3. The molecule has 0 radical (unpaired) electrons. The highest BCUT2D eigenvalue weighted by atomic mass is 32.2. The van der Waals surface area contributed by atoms with Gasteiger partial charge in [-0.15, -0.1) is 0 Å². The van der Waals surface area contributed by atoms with E-state index in [0.29, 0.717) is 26.1 Å². The third-order valence-corrected chi connectivity index (χ3v) is 6.62. The van der Waals surface area contributed by atoms with E-state index in [1.54, 1.807) is 0 Å². The number of sulfonamides is 1. The fourth-order valence-corrected chi connectivity index (χ4v) is 5.56. The lowest BCUT2D eigenvalue weighted by Crippen LogP contribution is -2.50. The summed E-state index contributed by atoms with van der Waals surface area (Å²) in [5.41, 5.74) is -0.915. The monoisotopic (exact) mass is 341 g/mol. The molecule has 3 rings (SSSR count). The van der Waals surface area contributed by atoms with Crippen LogP contribution in [0.2, 0.25) is 0 Å². The van der Waals surface area contributed by atoms with Crippen molar-refractivity contribution in [2.45, 2.75) is 37.1 Å². The van der Waals surface area contributed by atoms with Crippen LogP contribution in [0.1, 0.15) is 34.7 Å². The van der Waals surface area contributed by atoms with Gasteiger partial charge in [0.05, 0.1) is 5.54 Å². The predicted molar refractivity (Wildman–Crippen MR) is 81.0 cm³/mol. The molecular weight excluding hydrogens is 322 g/mol. The second kappa shape index (κ2) is 5.47. The molecule has 0 unspecified atom stereocenters. The summed E-state index contributed by atoms with van der Waals surface area (Å²) in [6.07, 6.45) is 4.82. The second-order valence-electron chi connectivity index (χ2n) is 5.88. The molecule has 0 atom stereocenters. The summed E-state index contributed by atoms with van der Waals surface area (Å²) in [5.74, 6) is -1.10. The number of aryl methyl sites for hydroxylation is 2. The van der Waals surface area contributed by atoms with Gasteiger partial charge in [0.1, 0.15) is 22.0 Å². The standard InChI is InChI=1S/C15H19NO6S/c1-10-12(14(17)18)13(11(2)22-10)23(19,20)16-7-3-4-15(16)5-8-21-9-6-15/h3-4H,5-9H2,1-2H3,(H,17,18). The van der Waals surface area contributed by atoms with E-state index in [0.717, 1.165) is 0 Å². The number of carbonyl (C=O) groups is 1. The van der Waals surface area contributed by atoms with Gasteiger partial charge in [0.15, 0.2) is 0 Å². The largest absolute Gasteiger partial charge is 0.478 e. The molecule has 2 aliphatic rings. The molecule has 0 aliphatic carbocycles. The van der Waals surface area contributed by atoms with Crippen molar-refractivity contribution in [3.63, 3.8) is 0 Å². The Bertz CT molecular complexity index is 770. The molecule has 1 N–H and O–H groups in total. The number of aromatic carboxylic acids is 1. The fraction of sp³-hybridized carbons (Fsp3) is 0.533. The number of carboxylic acids is 1. The van der Waals surface area contributed by atoms with Gasteiger partial charge in [0, 0.05) is 19.8 Å². The van der Waals surface area contributed by atoms with Crippen LogP contribution in [0, 0.1) is 13.8 Å². The van der Waals surface area contributed by atoms with Crippen molar-refractivity contribution >= 4 is 16.0 Å². The second-order valence-corrected chi connectivity index (χ2v) is 7.68. The van der Waals surface area contributed by atoms with Gasteiger partial charge in [-0.1, -0.05) is 12.2 Å². The van der Waals surface area contributed by atoms with E-state index < -0.39 is 21.5 Å². The summed E-state index contributed by atoms with van der Waals surface area (Å²) in [6.45, 7) is 4.12. The van der Waals surface area contributed by atoms with Crippen molar-refractivity contribution < 1.29 is 27.5 Å². The molecule has 1 fully saturated rings. The molecule has 1 saturated heterocycles. The summed E-state index contributed by atoms with van der Waals surface area (Å²) in [5, 5.41) is 9.39. The van der Waals surface area contributed by atoms with E-state index in [1.165, 1.54) is 18.2 Å². The summed E-state index contributed by atoms with van der Waals surface area (Å²) < 4.78 is 38.4. The molecule has 0 saturated carbocycles. The van der Waals surface area contributed by atoms with Crippen LogP contribution >= 0.6 is 0 Å². The smallest absolute Gasteiger partial charge is 0.340 e. The first-order valence-electron chi connectivity index (χ1n) is 7.41. The molecule has 23 heavy (non-hydrogen) atoms. The first-order valence-corrected chi connectivity index (χ1v) is 8.85. The van der Waals surface area contributed by atoms with Crippen LogP contribution in [0.15, 0.2) is 21.5 Å². The van der Waals surface area contributed by atoms with Crippen molar-refractivity contribution in [1.29, 1.82) is 0 Å². The summed E-state index contributed by atoms with van der Waals surface area (Å²) >= 11 is 0. The first kappa shape index (κ1) is 16.2. The average Bonchev–Trinajstić information content (AvgIpc) is 3.01. The third kappa shape index (κ3) is 2.41. The molecule has 3 heterocycles. The maximum Gasteiger partial charge on any atom is 0.340 e. The number of ether oxygens (including phenoxy) is 1. The minimum Gasteiger partial charge on any atom is -0.478 e. The highest BCUT2D eigenvalue weighted by Gasteiger charge is 2.48. The van der Waals surface area contributed by atoms with Crippen LogP contribution in [0.5, 0.6) is 0 Å². The Hall–Kier alpha value is -1.64. The van der Waals surface area contributed by atoms with Crippen LogP contribution in [0.4, 0.5) is 0 Å². The van der Waals surface area contributed by atoms with Gasteiger partial charge in [0.25, 0.3) is 0 Å². The lowest BCUT2D eigenvalue weighted by Gasteiger charge is -2.39. The quantitative estimate of drug-likeness (QED) is 0.841. The Morgan fingerprint density at radius 1 is 1.26 bits per heavy atom. The Morgan fingerprint density at radius 2 is 1.91 bits per heavy atom. The van der Waals surface area contributed by atoms with E-state index >= 15 is 0 Å². The number of hydrogen-bond acceptors (Lipinski definition) is 5. The molecule has 8 heteroatoms. The molecule has 0 aromatic carbocycles. The van der Waals surface area contributed by atoms with Gasteiger partial charge >= 0.3 is 5.97 Å². The molecule has 7 nitrogen and oxygen atoms in total. The molecule has 1 aromatic rings. The van der Waals surface area contributed by atoms with Crippen LogP contribution in [-0.4, -0.2) is 49.1 Å². The van der Waals surface area contributed by atoms with Gasteiger partial charge in [-0.25, -0.2) is 13.2 Å². The minimum atomic E-state index is -3.99. The molecule has 2 aliphatic heterocycles. The van der Waals surface area contributed by atoms with Crippen molar-refractivity contribution in [2.75, 3.05) is 19.8 Å². The summed E-state index contributed by atoms with van der Waals surface area (Å²) in [6, 6.07) is 0. The summed E-state index contributed by atoms with van der Waals surface area (Å²) in [7, 11) is -3.99. The number of carboxylic acid groups (broad SMARTS) is 1. The highest BCUT2D eigenvalue weighted by Crippen LogP contribution is 2.40. The van der Waals surface area contributed by atoms with Crippen LogP contribution in [-0.2, 0) is 14.8 Å². The Kier molecular flexibility index (Phi) is 3.86. The van der Waals surface area contributed by atoms with Gasteiger partial charge in [-0.2, -0.15) is 4.31 Å².